The van der Waals surface area contributed by atoms with Crippen molar-refractivity contribution in [2.45, 2.75) is 39.2 Å². The molecule has 0 spiro atoms. The van der Waals surface area contributed by atoms with Crippen molar-refractivity contribution in [3.05, 3.63) is 35.9 Å². The van der Waals surface area contributed by atoms with Crippen LogP contribution in [0.3, 0.4) is 0 Å². The minimum atomic E-state index is 0.136. The first kappa shape index (κ1) is 15.0. The van der Waals surface area contributed by atoms with Gasteiger partial charge in [0.15, 0.2) is 0 Å². The molecule has 3 heteroatoms. The quantitative estimate of drug-likeness (QED) is 0.897. The van der Waals surface area contributed by atoms with Crippen LogP contribution in [0.4, 0.5) is 0 Å². The molecule has 1 amide bonds. The van der Waals surface area contributed by atoms with Gasteiger partial charge in [-0.1, -0.05) is 43.2 Å². The third-order valence-electron chi connectivity index (χ3n) is 4.44. The molecule has 2 unspecified atom stereocenters. The number of rotatable bonds is 5. The lowest BCUT2D eigenvalue weighted by molar-refractivity contribution is -0.138. The van der Waals surface area contributed by atoms with Crippen LogP contribution < -0.4 is 5.73 Å². The summed E-state index contributed by atoms with van der Waals surface area (Å²) in [5.74, 6) is 0.810. The first-order valence-corrected chi connectivity index (χ1v) is 7.79. The Bertz CT molecular complexity index is 418. The number of hydrogen-bond acceptors (Lipinski definition) is 2. The molecule has 1 aromatic carbocycles. The summed E-state index contributed by atoms with van der Waals surface area (Å²) in [5, 5.41) is 0. The van der Waals surface area contributed by atoms with Crippen LogP contribution in [0.15, 0.2) is 30.3 Å². The molecular weight excluding hydrogens is 248 g/mol. The van der Waals surface area contributed by atoms with Gasteiger partial charge in [-0.15, -0.1) is 0 Å². The largest absolute Gasteiger partial charge is 0.338 e. The van der Waals surface area contributed by atoms with Gasteiger partial charge in [0.2, 0.25) is 5.91 Å². The summed E-state index contributed by atoms with van der Waals surface area (Å²) in [6.45, 7) is 4.17. The maximum absolute atomic E-state index is 12.8. The molecule has 0 bridgehead atoms. The summed E-state index contributed by atoms with van der Waals surface area (Å²) >= 11 is 0. The molecule has 1 aromatic rings. The van der Waals surface area contributed by atoms with E-state index < -0.39 is 0 Å². The minimum absolute atomic E-state index is 0.136. The maximum atomic E-state index is 12.8. The third-order valence-corrected chi connectivity index (χ3v) is 4.44. The smallest absolute Gasteiger partial charge is 0.226 e. The van der Waals surface area contributed by atoms with Crippen LogP contribution in [-0.2, 0) is 11.3 Å². The Balaban J connectivity index is 2.04. The summed E-state index contributed by atoms with van der Waals surface area (Å²) in [6.07, 6.45) is 4.49. The topological polar surface area (TPSA) is 46.3 Å². The Labute approximate surface area is 122 Å². The first-order valence-electron chi connectivity index (χ1n) is 7.79. The van der Waals surface area contributed by atoms with Gasteiger partial charge in [-0.3, -0.25) is 4.79 Å². The molecule has 2 rings (SSSR count). The third kappa shape index (κ3) is 3.60. The van der Waals surface area contributed by atoms with Crippen molar-refractivity contribution < 1.29 is 4.79 Å². The van der Waals surface area contributed by atoms with E-state index in [4.69, 9.17) is 5.73 Å². The molecule has 0 aromatic heterocycles. The molecule has 1 aliphatic carbocycles. The average Bonchev–Trinajstić information content (AvgIpc) is 2.53. The Morgan fingerprint density at radius 3 is 2.60 bits per heavy atom. The Morgan fingerprint density at radius 2 is 1.95 bits per heavy atom. The van der Waals surface area contributed by atoms with Crippen molar-refractivity contribution in [1.82, 2.24) is 4.90 Å². The molecule has 1 fully saturated rings. The number of nitrogens with two attached hydrogens (primary N) is 1. The van der Waals surface area contributed by atoms with Crippen LogP contribution in [0.2, 0.25) is 0 Å². The number of carbonyl (C=O) groups excluding carboxylic acids is 1. The molecule has 110 valence electrons. The average molecular weight is 274 g/mol. The predicted octanol–water partition coefficient (Wildman–Crippen LogP) is 2.80. The zero-order valence-electron chi connectivity index (χ0n) is 12.4. The molecule has 0 radical (unpaired) electrons. The van der Waals surface area contributed by atoms with Crippen molar-refractivity contribution in [2.24, 2.45) is 17.6 Å². The van der Waals surface area contributed by atoms with Crippen LogP contribution in [0, 0.1) is 11.8 Å². The number of amides is 1. The van der Waals surface area contributed by atoms with E-state index in [-0.39, 0.29) is 5.92 Å². The van der Waals surface area contributed by atoms with Gasteiger partial charge in [-0.2, -0.15) is 0 Å². The minimum Gasteiger partial charge on any atom is -0.338 e. The molecule has 20 heavy (non-hydrogen) atoms. The van der Waals surface area contributed by atoms with E-state index in [2.05, 4.69) is 19.1 Å². The predicted molar refractivity (Wildman–Crippen MR) is 82.0 cm³/mol. The summed E-state index contributed by atoms with van der Waals surface area (Å²) in [6, 6.07) is 10.2. The second-order valence-corrected chi connectivity index (χ2v) is 5.72. The molecular formula is C17H26N2O. The van der Waals surface area contributed by atoms with Gasteiger partial charge in [-0.25, -0.2) is 0 Å². The summed E-state index contributed by atoms with van der Waals surface area (Å²) in [5.41, 5.74) is 7.05. The van der Waals surface area contributed by atoms with E-state index >= 15 is 0 Å². The highest BCUT2D eigenvalue weighted by molar-refractivity contribution is 5.79. The Morgan fingerprint density at radius 1 is 1.25 bits per heavy atom. The second-order valence-electron chi connectivity index (χ2n) is 5.72. The van der Waals surface area contributed by atoms with Gasteiger partial charge >= 0.3 is 0 Å². The fourth-order valence-corrected chi connectivity index (χ4v) is 3.20. The Kier molecular flexibility index (Phi) is 5.60. The number of benzene rings is 1. The highest BCUT2D eigenvalue weighted by Gasteiger charge is 2.32. The fraction of sp³-hybridized carbons (Fsp3) is 0.588. The van der Waals surface area contributed by atoms with E-state index in [9.17, 15) is 4.79 Å². The number of nitrogens with zero attached hydrogens (tertiary/aromatic N) is 1. The molecule has 1 saturated carbocycles. The summed E-state index contributed by atoms with van der Waals surface area (Å²) < 4.78 is 0. The number of hydrogen-bond donors (Lipinski definition) is 1. The Hall–Kier alpha value is -1.35. The normalized spacial score (nSPS) is 22.5. The number of carbonyl (C=O) groups is 1. The lowest BCUT2D eigenvalue weighted by atomic mass is 9.78. The van der Waals surface area contributed by atoms with Crippen molar-refractivity contribution in [3.63, 3.8) is 0 Å². The first-order chi connectivity index (χ1) is 9.76. The SMILES string of the molecule is CCN(Cc1ccccc1)C(=O)C1CCCCC1CN. The van der Waals surface area contributed by atoms with Crippen LogP contribution in [-0.4, -0.2) is 23.9 Å². The highest BCUT2D eigenvalue weighted by Crippen LogP contribution is 2.31. The van der Waals surface area contributed by atoms with Crippen LogP contribution in [0.1, 0.15) is 38.2 Å². The standard InChI is InChI=1S/C17H26N2O/c1-2-19(13-14-8-4-3-5-9-14)17(20)16-11-7-6-10-15(16)12-18/h3-5,8-9,15-16H,2,6-7,10-13,18H2,1H3. The molecule has 3 nitrogen and oxygen atoms in total. The van der Waals surface area contributed by atoms with Crippen molar-refractivity contribution in [2.75, 3.05) is 13.1 Å². The van der Waals surface area contributed by atoms with Gasteiger partial charge in [0, 0.05) is 19.0 Å². The van der Waals surface area contributed by atoms with Crippen molar-refractivity contribution >= 4 is 5.91 Å². The van der Waals surface area contributed by atoms with Gasteiger partial charge in [0.05, 0.1) is 0 Å². The maximum Gasteiger partial charge on any atom is 0.226 e. The molecule has 0 saturated heterocycles. The van der Waals surface area contributed by atoms with Crippen molar-refractivity contribution in [3.8, 4) is 0 Å². The second kappa shape index (κ2) is 7.44. The van der Waals surface area contributed by atoms with Crippen molar-refractivity contribution in [1.29, 1.82) is 0 Å². The monoisotopic (exact) mass is 274 g/mol. The zero-order chi connectivity index (χ0) is 14.4. The van der Waals surface area contributed by atoms with Gasteiger partial charge < -0.3 is 10.6 Å². The van der Waals surface area contributed by atoms with E-state index in [0.29, 0.717) is 24.9 Å². The highest BCUT2D eigenvalue weighted by atomic mass is 16.2. The zero-order valence-corrected chi connectivity index (χ0v) is 12.4. The van der Waals surface area contributed by atoms with E-state index in [1.165, 1.54) is 12.0 Å². The van der Waals surface area contributed by atoms with Gasteiger partial charge in [0.25, 0.3) is 0 Å². The van der Waals surface area contributed by atoms with E-state index in [1.54, 1.807) is 0 Å². The lowest BCUT2D eigenvalue weighted by Crippen LogP contribution is -2.41. The lowest BCUT2D eigenvalue weighted by Gasteiger charge is -2.34. The van der Waals surface area contributed by atoms with Crippen LogP contribution in [0.5, 0.6) is 0 Å². The molecule has 2 atom stereocenters. The van der Waals surface area contributed by atoms with Crippen LogP contribution in [0.25, 0.3) is 0 Å². The molecule has 1 aliphatic rings. The molecule has 0 aliphatic heterocycles. The van der Waals surface area contributed by atoms with Gasteiger partial charge in [-0.05, 0) is 37.8 Å². The van der Waals surface area contributed by atoms with Crippen LogP contribution >= 0.6 is 0 Å². The van der Waals surface area contributed by atoms with E-state index in [0.717, 1.165) is 25.8 Å². The van der Waals surface area contributed by atoms with Gasteiger partial charge in [0.1, 0.15) is 0 Å². The molecule has 0 heterocycles. The molecule has 2 N–H and O–H groups in total. The summed E-state index contributed by atoms with van der Waals surface area (Å²) in [7, 11) is 0. The summed E-state index contributed by atoms with van der Waals surface area (Å²) in [4.78, 5) is 14.8. The van der Waals surface area contributed by atoms with E-state index in [1.807, 2.05) is 23.1 Å². The fourth-order valence-electron chi connectivity index (χ4n) is 3.20.